The second kappa shape index (κ2) is 6.13. The number of hydrogen-bond donors (Lipinski definition) is 1. The van der Waals surface area contributed by atoms with E-state index in [9.17, 15) is 4.79 Å². The van der Waals surface area contributed by atoms with Crippen LogP contribution in [-0.4, -0.2) is 34.1 Å². The molecular weight excluding hydrogens is 278 g/mol. The van der Waals surface area contributed by atoms with Gasteiger partial charge in [-0.05, 0) is 17.9 Å². The highest BCUT2D eigenvalue weighted by Gasteiger charge is 2.31. The van der Waals surface area contributed by atoms with Gasteiger partial charge in [-0.3, -0.25) is 4.79 Å². The third kappa shape index (κ3) is 3.08. The molecule has 0 radical (unpaired) electrons. The van der Waals surface area contributed by atoms with Gasteiger partial charge in [0.1, 0.15) is 5.82 Å². The molecule has 1 saturated heterocycles. The van der Waals surface area contributed by atoms with E-state index in [1.54, 1.807) is 6.20 Å². The van der Waals surface area contributed by atoms with Crippen molar-refractivity contribution in [1.29, 1.82) is 0 Å². The van der Waals surface area contributed by atoms with Crippen molar-refractivity contribution < 1.29 is 9.90 Å². The standard InChI is InChI=1S/C17H19N3O2/c1-12-10-20(11-14(12)9-16(21)22)15-7-8-18-17(19-15)13-5-3-2-4-6-13/h2-8,12,14H,9-11H2,1H3,(H,21,22)/t12-,14-/m1/s1. The summed E-state index contributed by atoms with van der Waals surface area (Å²) in [5.41, 5.74) is 0.985. The molecule has 1 aromatic heterocycles. The number of benzene rings is 1. The van der Waals surface area contributed by atoms with Crippen LogP contribution in [0.25, 0.3) is 11.4 Å². The van der Waals surface area contributed by atoms with E-state index in [2.05, 4.69) is 21.8 Å². The maximum atomic E-state index is 10.9. The summed E-state index contributed by atoms with van der Waals surface area (Å²) in [4.78, 5) is 22.1. The van der Waals surface area contributed by atoms with Crippen molar-refractivity contribution in [2.75, 3.05) is 18.0 Å². The van der Waals surface area contributed by atoms with Crippen molar-refractivity contribution in [3.05, 3.63) is 42.6 Å². The summed E-state index contributed by atoms with van der Waals surface area (Å²) in [6.07, 6.45) is 1.98. The molecule has 0 aliphatic carbocycles. The number of carboxylic acids is 1. The topological polar surface area (TPSA) is 66.3 Å². The minimum Gasteiger partial charge on any atom is -0.481 e. The molecule has 1 aromatic carbocycles. The Morgan fingerprint density at radius 2 is 2.05 bits per heavy atom. The zero-order chi connectivity index (χ0) is 15.5. The first-order valence-corrected chi connectivity index (χ1v) is 7.48. The molecular formula is C17H19N3O2. The average molecular weight is 297 g/mol. The molecule has 5 nitrogen and oxygen atoms in total. The van der Waals surface area contributed by atoms with Crippen molar-refractivity contribution in [1.82, 2.24) is 9.97 Å². The minimum atomic E-state index is -0.730. The van der Waals surface area contributed by atoms with E-state index in [0.29, 0.717) is 11.7 Å². The Balaban J connectivity index is 1.80. The molecule has 0 bridgehead atoms. The number of carbonyl (C=O) groups is 1. The van der Waals surface area contributed by atoms with Crippen molar-refractivity contribution in [3.63, 3.8) is 0 Å². The predicted octanol–water partition coefficient (Wildman–Crippen LogP) is 2.69. The third-order valence-corrected chi connectivity index (χ3v) is 4.20. The zero-order valence-corrected chi connectivity index (χ0v) is 12.5. The van der Waals surface area contributed by atoms with Crippen LogP contribution in [0.15, 0.2) is 42.6 Å². The van der Waals surface area contributed by atoms with Gasteiger partial charge >= 0.3 is 5.97 Å². The fourth-order valence-electron chi connectivity index (χ4n) is 2.96. The number of aromatic nitrogens is 2. The van der Waals surface area contributed by atoms with E-state index >= 15 is 0 Å². The van der Waals surface area contributed by atoms with Gasteiger partial charge in [0.15, 0.2) is 5.82 Å². The Bertz CT molecular complexity index is 660. The summed E-state index contributed by atoms with van der Waals surface area (Å²) < 4.78 is 0. The maximum absolute atomic E-state index is 10.9. The minimum absolute atomic E-state index is 0.174. The van der Waals surface area contributed by atoms with Crippen LogP contribution in [0.4, 0.5) is 5.82 Å². The number of hydrogen-bond acceptors (Lipinski definition) is 4. The molecule has 22 heavy (non-hydrogen) atoms. The van der Waals surface area contributed by atoms with Crippen molar-refractivity contribution in [2.45, 2.75) is 13.3 Å². The third-order valence-electron chi connectivity index (χ3n) is 4.20. The summed E-state index contributed by atoms with van der Waals surface area (Å²) in [6.45, 7) is 3.68. The number of carboxylic acid groups (broad SMARTS) is 1. The van der Waals surface area contributed by atoms with Gasteiger partial charge in [-0.1, -0.05) is 37.3 Å². The van der Waals surface area contributed by atoms with Gasteiger partial charge in [0, 0.05) is 24.8 Å². The Hall–Kier alpha value is -2.43. The predicted molar refractivity (Wildman–Crippen MR) is 84.6 cm³/mol. The summed E-state index contributed by atoms with van der Waals surface area (Å²) >= 11 is 0. The monoisotopic (exact) mass is 297 g/mol. The van der Waals surface area contributed by atoms with Gasteiger partial charge in [-0.15, -0.1) is 0 Å². The van der Waals surface area contributed by atoms with Crippen molar-refractivity contribution in [3.8, 4) is 11.4 Å². The largest absolute Gasteiger partial charge is 0.481 e. The van der Waals surface area contributed by atoms with Crippen LogP contribution in [-0.2, 0) is 4.79 Å². The molecule has 5 heteroatoms. The van der Waals surface area contributed by atoms with E-state index in [1.807, 2.05) is 36.4 Å². The molecule has 0 spiro atoms. The molecule has 1 aliphatic heterocycles. The number of aliphatic carboxylic acids is 1. The average Bonchev–Trinajstić information content (AvgIpc) is 2.89. The SMILES string of the molecule is C[C@@H]1CN(c2ccnc(-c3ccccc3)n2)C[C@H]1CC(=O)O. The second-order valence-corrected chi connectivity index (χ2v) is 5.84. The van der Waals surface area contributed by atoms with Gasteiger partial charge in [-0.25, -0.2) is 9.97 Å². The van der Waals surface area contributed by atoms with E-state index in [0.717, 1.165) is 24.5 Å². The first kappa shape index (κ1) is 14.5. The molecule has 0 unspecified atom stereocenters. The van der Waals surface area contributed by atoms with Crippen LogP contribution >= 0.6 is 0 Å². The highest BCUT2D eigenvalue weighted by atomic mass is 16.4. The van der Waals surface area contributed by atoms with Crippen molar-refractivity contribution in [2.24, 2.45) is 11.8 Å². The molecule has 114 valence electrons. The van der Waals surface area contributed by atoms with Crippen LogP contribution in [0.1, 0.15) is 13.3 Å². The zero-order valence-electron chi connectivity index (χ0n) is 12.5. The Labute approximate surface area is 129 Å². The molecule has 2 heterocycles. The second-order valence-electron chi connectivity index (χ2n) is 5.84. The summed E-state index contributed by atoms with van der Waals surface area (Å²) in [7, 11) is 0. The number of nitrogens with zero attached hydrogens (tertiary/aromatic N) is 3. The lowest BCUT2D eigenvalue weighted by Gasteiger charge is -2.17. The molecule has 1 fully saturated rings. The molecule has 0 saturated carbocycles. The summed E-state index contributed by atoms with van der Waals surface area (Å²) in [6, 6.07) is 11.8. The maximum Gasteiger partial charge on any atom is 0.303 e. The van der Waals surface area contributed by atoms with Gasteiger partial charge in [-0.2, -0.15) is 0 Å². The van der Waals surface area contributed by atoms with Gasteiger partial charge in [0.05, 0.1) is 6.42 Å². The Morgan fingerprint density at radius 1 is 1.27 bits per heavy atom. The molecule has 0 amide bonds. The number of rotatable bonds is 4. The van der Waals surface area contributed by atoms with Crippen LogP contribution in [0.3, 0.4) is 0 Å². The number of anilines is 1. The Morgan fingerprint density at radius 3 is 2.77 bits per heavy atom. The lowest BCUT2D eigenvalue weighted by molar-refractivity contribution is -0.138. The first-order chi connectivity index (χ1) is 10.6. The van der Waals surface area contributed by atoms with E-state index in [1.165, 1.54) is 0 Å². The van der Waals surface area contributed by atoms with Crippen LogP contribution in [0.5, 0.6) is 0 Å². The molecule has 3 rings (SSSR count). The Kier molecular flexibility index (Phi) is 4.04. The lowest BCUT2D eigenvalue weighted by Crippen LogP contribution is -2.21. The lowest BCUT2D eigenvalue weighted by atomic mass is 9.95. The fraction of sp³-hybridized carbons (Fsp3) is 0.353. The van der Waals surface area contributed by atoms with Crippen LogP contribution < -0.4 is 4.90 Å². The van der Waals surface area contributed by atoms with E-state index < -0.39 is 5.97 Å². The van der Waals surface area contributed by atoms with E-state index in [4.69, 9.17) is 5.11 Å². The quantitative estimate of drug-likeness (QED) is 0.940. The molecule has 2 atom stereocenters. The van der Waals surface area contributed by atoms with Gasteiger partial charge < -0.3 is 10.0 Å². The molecule has 1 aliphatic rings. The summed E-state index contributed by atoms with van der Waals surface area (Å²) in [5, 5.41) is 9.00. The normalized spacial score (nSPS) is 21.0. The van der Waals surface area contributed by atoms with Gasteiger partial charge in [0.25, 0.3) is 0 Å². The molecule has 1 N–H and O–H groups in total. The van der Waals surface area contributed by atoms with Crippen molar-refractivity contribution >= 4 is 11.8 Å². The smallest absolute Gasteiger partial charge is 0.303 e. The fourth-order valence-corrected chi connectivity index (χ4v) is 2.96. The van der Waals surface area contributed by atoms with Crippen LogP contribution in [0, 0.1) is 11.8 Å². The highest BCUT2D eigenvalue weighted by Crippen LogP contribution is 2.29. The molecule has 2 aromatic rings. The highest BCUT2D eigenvalue weighted by molar-refractivity contribution is 5.67. The summed E-state index contributed by atoms with van der Waals surface area (Å²) in [5.74, 6) is 1.37. The van der Waals surface area contributed by atoms with Gasteiger partial charge in [0.2, 0.25) is 0 Å². The first-order valence-electron chi connectivity index (χ1n) is 7.48. The van der Waals surface area contributed by atoms with E-state index in [-0.39, 0.29) is 12.3 Å². The van der Waals surface area contributed by atoms with Crippen LogP contribution in [0.2, 0.25) is 0 Å².